The maximum Gasteiger partial charge on any atom is 0.119 e. The van der Waals surface area contributed by atoms with Crippen LogP contribution in [-0.2, 0) is 6.54 Å². The highest BCUT2D eigenvalue weighted by molar-refractivity contribution is 6.16. The van der Waals surface area contributed by atoms with E-state index in [1.54, 1.807) is 0 Å². The van der Waals surface area contributed by atoms with Crippen LogP contribution in [0.1, 0.15) is 22.3 Å². The molecule has 0 aromatic heterocycles. The number of aliphatic hydroxyl groups excluding tert-OH is 1. The first-order valence-corrected chi connectivity index (χ1v) is 11.3. The van der Waals surface area contributed by atoms with Gasteiger partial charge in [0.1, 0.15) is 12.4 Å². The number of rotatable bonds is 9. The van der Waals surface area contributed by atoms with Gasteiger partial charge in [0, 0.05) is 29.0 Å². The Morgan fingerprint density at radius 2 is 1.65 bits per heavy atom. The molecule has 0 bridgehead atoms. The van der Waals surface area contributed by atoms with Gasteiger partial charge in [-0.2, -0.15) is 0 Å². The van der Waals surface area contributed by atoms with Gasteiger partial charge < -0.3 is 20.9 Å². The lowest BCUT2D eigenvalue weighted by molar-refractivity contribution is 0.201. The highest BCUT2D eigenvalue weighted by atomic mass is 16.5. The van der Waals surface area contributed by atoms with E-state index in [1.165, 1.54) is 0 Å². The number of hydrogen-bond acceptors (Lipinski definition) is 5. The minimum absolute atomic E-state index is 0.00850. The largest absolute Gasteiger partial charge is 0.491 e. The smallest absolute Gasteiger partial charge is 0.119 e. The molecule has 0 unspecified atom stereocenters. The molecule has 172 valence electrons. The fraction of sp³-hybridized carbons (Fsp3) is 0.138. The summed E-state index contributed by atoms with van der Waals surface area (Å²) in [7, 11) is 0. The number of ether oxygens (including phenoxy) is 1. The highest BCUT2D eigenvalue weighted by Gasteiger charge is 2.11. The summed E-state index contributed by atoms with van der Waals surface area (Å²) >= 11 is 0. The molecule has 5 heteroatoms. The summed E-state index contributed by atoms with van der Waals surface area (Å²) < 4.78 is 5.40. The molecule has 0 spiro atoms. The quantitative estimate of drug-likeness (QED) is 0.224. The van der Waals surface area contributed by atoms with Crippen LogP contribution < -0.4 is 15.8 Å². The molecule has 0 saturated heterocycles. The lowest BCUT2D eigenvalue weighted by Crippen LogP contribution is -2.07. The third-order valence-corrected chi connectivity index (χ3v) is 5.40. The zero-order valence-corrected chi connectivity index (χ0v) is 19.2. The third-order valence-electron chi connectivity index (χ3n) is 5.40. The van der Waals surface area contributed by atoms with Crippen molar-refractivity contribution < 1.29 is 9.84 Å². The van der Waals surface area contributed by atoms with Gasteiger partial charge in [0.25, 0.3) is 0 Å². The summed E-state index contributed by atoms with van der Waals surface area (Å²) in [6.07, 6.45) is 0. The lowest BCUT2D eigenvalue weighted by atomic mass is 9.99. The Kier molecular flexibility index (Phi) is 7.58. The van der Waals surface area contributed by atoms with Crippen LogP contribution >= 0.6 is 0 Å². The van der Waals surface area contributed by atoms with Crippen molar-refractivity contribution in [2.24, 2.45) is 4.99 Å². The monoisotopic (exact) mass is 451 g/mol. The molecule has 0 heterocycles. The number of aliphatic hydroxyl groups is 1. The van der Waals surface area contributed by atoms with E-state index in [1.807, 2.05) is 78.9 Å². The average Bonchev–Trinajstić information content (AvgIpc) is 2.88. The van der Waals surface area contributed by atoms with Crippen LogP contribution in [0.2, 0.25) is 0 Å². The minimum Gasteiger partial charge on any atom is -0.491 e. The molecule has 4 aromatic carbocycles. The van der Waals surface area contributed by atoms with Gasteiger partial charge in [-0.15, -0.1) is 0 Å². The first kappa shape index (κ1) is 23.1. The van der Waals surface area contributed by atoms with E-state index >= 15 is 0 Å². The molecule has 4 rings (SSSR count). The molecule has 0 aliphatic carbocycles. The summed E-state index contributed by atoms with van der Waals surface area (Å²) in [6.45, 7) is 3.06. The molecule has 0 saturated carbocycles. The van der Waals surface area contributed by atoms with E-state index < -0.39 is 0 Å². The number of nitrogen functional groups attached to an aromatic ring is 1. The van der Waals surface area contributed by atoms with Crippen LogP contribution in [0.25, 0.3) is 0 Å². The van der Waals surface area contributed by atoms with E-state index in [0.717, 1.165) is 45.1 Å². The Morgan fingerprint density at radius 3 is 2.35 bits per heavy atom. The Morgan fingerprint density at radius 1 is 0.912 bits per heavy atom. The van der Waals surface area contributed by atoms with Gasteiger partial charge in [-0.05, 0) is 61.0 Å². The molecule has 4 aromatic rings. The van der Waals surface area contributed by atoms with E-state index in [-0.39, 0.29) is 6.61 Å². The Bertz CT molecular complexity index is 1230. The molecule has 5 nitrogen and oxygen atoms in total. The number of nitrogens with zero attached hydrogens (tertiary/aromatic N) is 1. The van der Waals surface area contributed by atoms with Crippen molar-refractivity contribution in [3.05, 3.63) is 119 Å². The van der Waals surface area contributed by atoms with Crippen molar-refractivity contribution in [2.75, 3.05) is 24.3 Å². The number of aliphatic imine (C=N–C) groups is 1. The Balaban J connectivity index is 1.51. The van der Waals surface area contributed by atoms with Crippen LogP contribution in [0.3, 0.4) is 0 Å². The van der Waals surface area contributed by atoms with Crippen molar-refractivity contribution in [1.82, 2.24) is 0 Å². The third kappa shape index (κ3) is 6.03. The number of benzene rings is 4. The van der Waals surface area contributed by atoms with Gasteiger partial charge in [-0.3, -0.25) is 0 Å². The fourth-order valence-electron chi connectivity index (χ4n) is 3.61. The Hall–Kier alpha value is -4.09. The molecule has 0 aliphatic rings. The summed E-state index contributed by atoms with van der Waals surface area (Å²) in [5.74, 6) is 0.753. The summed E-state index contributed by atoms with van der Waals surface area (Å²) in [5.41, 5.74) is 14.0. The van der Waals surface area contributed by atoms with E-state index in [0.29, 0.717) is 18.8 Å². The topological polar surface area (TPSA) is 79.9 Å². The van der Waals surface area contributed by atoms with Crippen molar-refractivity contribution in [2.45, 2.75) is 13.5 Å². The SMILES string of the molecule is Cc1ccc(N)c(C(=Nc2ccc(NCc3ccc(OCCO)cc3)cc2)c2ccccc2)c1. The summed E-state index contributed by atoms with van der Waals surface area (Å²) in [5, 5.41) is 12.3. The average molecular weight is 452 g/mol. The maximum absolute atomic E-state index is 8.85. The minimum atomic E-state index is 0.00850. The van der Waals surface area contributed by atoms with Crippen LogP contribution in [0.15, 0.2) is 102 Å². The normalized spacial score (nSPS) is 11.3. The molecule has 0 atom stereocenters. The summed E-state index contributed by atoms with van der Waals surface area (Å²) in [4.78, 5) is 4.97. The molecule has 4 N–H and O–H groups in total. The number of aryl methyl sites for hydroxylation is 1. The molecule has 0 fully saturated rings. The van der Waals surface area contributed by atoms with Crippen molar-refractivity contribution in [3.63, 3.8) is 0 Å². The first-order chi connectivity index (χ1) is 16.6. The second-order valence-corrected chi connectivity index (χ2v) is 8.03. The van der Waals surface area contributed by atoms with E-state index in [9.17, 15) is 0 Å². The van der Waals surface area contributed by atoms with Gasteiger partial charge in [0.05, 0.1) is 18.0 Å². The van der Waals surface area contributed by atoms with Gasteiger partial charge >= 0.3 is 0 Å². The molecule has 34 heavy (non-hydrogen) atoms. The fourth-order valence-corrected chi connectivity index (χ4v) is 3.61. The van der Waals surface area contributed by atoms with Crippen molar-refractivity contribution in [3.8, 4) is 5.75 Å². The zero-order valence-electron chi connectivity index (χ0n) is 19.2. The zero-order chi connectivity index (χ0) is 23.8. The van der Waals surface area contributed by atoms with Crippen molar-refractivity contribution >= 4 is 22.8 Å². The summed E-state index contributed by atoms with van der Waals surface area (Å²) in [6, 6.07) is 32.0. The number of nitrogens with two attached hydrogens (primary N) is 1. The van der Waals surface area contributed by atoms with Gasteiger partial charge in [-0.25, -0.2) is 4.99 Å². The molecular weight excluding hydrogens is 422 g/mol. The highest BCUT2D eigenvalue weighted by Crippen LogP contribution is 2.24. The van der Waals surface area contributed by atoms with Crippen LogP contribution in [0, 0.1) is 6.92 Å². The predicted molar refractivity (Wildman–Crippen MR) is 140 cm³/mol. The van der Waals surface area contributed by atoms with Crippen molar-refractivity contribution in [1.29, 1.82) is 0 Å². The predicted octanol–water partition coefficient (Wildman–Crippen LogP) is 5.73. The van der Waals surface area contributed by atoms with Crippen LogP contribution in [0.4, 0.5) is 17.1 Å². The van der Waals surface area contributed by atoms with Gasteiger partial charge in [-0.1, -0.05) is 54.1 Å². The number of anilines is 2. The van der Waals surface area contributed by atoms with Crippen LogP contribution in [-0.4, -0.2) is 24.0 Å². The van der Waals surface area contributed by atoms with Crippen LogP contribution in [0.5, 0.6) is 5.75 Å². The first-order valence-electron chi connectivity index (χ1n) is 11.3. The van der Waals surface area contributed by atoms with E-state index in [2.05, 4.69) is 30.4 Å². The van der Waals surface area contributed by atoms with Gasteiger partial charge in [0.2, 0.25) is 0 Å². The second kappa shape index (κ2) is 11.2. The Labute approximate surface area is 200 Å². The molecule has 0 radical (unpaired) electrons. The number of nitrogens with one attached hydrogen (secondary N) is 1. The lowest BCUT2D eigenvalue weighted by Gasteiger charge is -2.12. The molecular formula is C29H29N3O2. The standard InChI is InChI=1S/C29H29N3O2/c1-21-7-16-28(30)27(19-21)29(23-5-3-2-4-6-23)32-25-12-10-24(11-13-25)31-20-22-8-14-26(15-9-22)34-18-17-33/h2-16,19,31,33H,17-18,20,30H2,1H3. The molecule has 0 amide bonds. The molecule has 0 aliphatic heterocycles. The van der Waals surface area contributed by atoms with Gasteiger partial charge in [0.15, 0.2) is 0 Å². The van der Waals surface area contributed by atoms with E-state index in [4.69, 9.17) is 20.6 Å². The maximum atomic E-state index is 8.85. The number of hydrogen-bond donors (Lipinski definition) is 3. The second-order valence-electron chi connectivity index (χ2n) is 8.03.